The summed E-state index contributed by atoms with van der Waals surface area (Å²) in [5.41, 5.74) is 8.54. The first kappa shape index (κ1) is 14.6. The lowest BCUT2D eigenvalue weighted by atomic mass is 10.1. The van der Waals surface area contributed by atoms with E-state index in [1.807, 2.05) is 60.7 Å². The van der Waals surface area contributed by atoms with Gasteiger partial charge < -0.3 is 0 Å². The van der Waals surface area contributed by atoms with Gasteiger partial charge in [-0.05, 0) is 29.3 Å². The van der Waals surface area contributed by atoms with Gasteiger partial charge in [-0.25, -0.2) is 0 Å². The Hall–Kier alpha value is -2.30. The predicted molar refractivity (Wildman–Crippen MR) is 87.8 cm³/mol. The van der Waals surface area contributed by atoms with Crippen molar-refractivity contribution >= 4 is 23.2 Å². The van der Waals surface area contributed by atoms with Crippen LogP contribution in [0.25, 0.3) is 5.70 Å². The van der Waals surface area contributed by atoms with Gasteiger partial charge in [0.2, 0.25) is 0 Å². The Balaban J connectivity index is 1.73. The van der Waals surface area contributed by atoms with Crippen molar-refractivity contribution in [3.63, 3.8) is 0 Å². The SMILES string of the molecule is O=C1NNC(c2ccc(Cl)cc2)=CC1NCc1ccccc1. The Morgan fingerprint density at radius 2 is 1.73 bits per heavy atom. The number of amides is 1. The van der Waals surface area contributed by atoms with Crippen LogP contribution in [0.5, 0.6) is 0 Å². The molecule has 2 aromatic rings. The zero-order valence-corrected chi connectivity index (χ0v) is 12.6. The number of halogens is 1. The summed E-state index contributed by atoms with van der Waals surface area (Å²) in [6.45, 7) is 0.628. The molecule has 0 saturated carbocycles. The predicted octanol–water partition coefficient (Wildman–Crippen LogP) is 2.47. The zero-order chi connectivity index (χ0) is 15.4. The smallest absolute Gasteiger partial charge is 0.259 e. The molecule has 3 N–H and O–H groups in total. The highest BCUT2D eigenvalue weighted by Gasteiger charge is 2.21. The van der Waals surface area contributed by atoms with Crippen LogP contribution in [0.15, 0.2) is 60.7 Å². The molecule has 0 radical (unpaired) electrons. The molecule has 1 amide bonds. The first-order chi connectivity index (χ1) is 10.7. The topological polar surface area (TPSA) is 53.2 Å². The average Bonchev–Trinajstić information content (AvgIpc) is 2.56. The third-order valence-corrected chi connectivity index (χ3v) is 3.71. The minimum Gasteiger partial charge on any atom is -0.298 e. The van der Waals surface area contributed by atoms with Gasteiger partial charge in [0.1, 0.15) is 6.04 Å². The Bertz CT molecular complexity index is 683. The molecule has 1 aliphatic heterocycles. The van der Waals surface area contributed by atoms with E-state index in [2.05, 4.69) is 16.2 Å². The lowest BCUT2D eigenvalue weighted by Gasteiger charge is -2.24. The van der Waals surface area contributed by atoms with Gasteiger partial charge in [0.25, 0.3) is 5.91 Å². The molecule has 4 nitrogen and oxygen atoms in total. The molecule has 5 heteroatoms. The van der Waals surface area contributed by atoms with Gasteiger partial charge in [0.15, 0.2) is 0 Å². The first-order valence-electron chi connectivity index (χ1n) is 7.03. The summed E-state index contributed by atoms with van der Waals surface area (Å²) >= 11 is 5.90. The van der Waals surface area contributed by atoms with E-state index in [4.69, 9.17) is 11.6 Å². The van der Waals surface area contributed by atoms with Gasteiger partial charge in [0, 0.05) is 11.6 Å². The quantitative estimate of drug-likeness (QED) is 0.813. The second kappa shape index (κ2) is 6.64. The van der Waals surface area contributed by atoms with E-state index >= 15 is 0 Å². The van der Waals surface area contributed by atoms with E-state index < -0.39 is 0 Å². The third-order valence-electron chi connectivity index (χ3n) is 3.46. The highest BCUT2D eigenvalue weighted by molar-refractivity contribution is 6.30. The highest BCUT2D eigenvalue weighted by atomic mass is 35.5. The number of carbonyl (C=O) groups is 1. The molecule has 0 aliphatic carbocycles. The van der Waals surface area contributed by atoms with E-state index in [1.165, 1.54) is 0 Å². The number of carbonyl (C=O) groups excluding carboxylic acids is 1. The average molecular weight is 314 g/mol. The zero-order valence-electron chi connectivity index (χ0n) is 11.8. The first-order valence-corrected chi connectivity index (χ1v) is 7.41. The second-order valence-electron chi connectivity index (χ2n) is 5.05. The molecule has 1 atom stereocenters. The van der Waals surface area contributed by atoms with Crippen molar-refractivity contribution < 1.29 is 4.79 Å². The van der Waals surface area contributed by atoms with Gasteiger partial charge in [-0.3, -0.25) is 21.0 Å². The standard InChI is InChI=1S/C17H16ClN3O/c18-14-8-6-13(7-9-14)15-10-16(17(22)21-20-15)19-11-12-4-2-1-3-5-12/h1-10,16,19-20H,11H2,(H,21,22). The molecule has 0 saturated heterocycles. The molecular weight excluding hydrogens is 298 g/mol. The molecule has 1 heterocycles. The fourth-order valence-corrected chi connectivity index (χ4v) is 2.39. The summed E-state index contributed by atoms with van der Waals surface area (Å²) in [6.07, 6.45) is 1.88. The van der Waals surface area contributed by atoms with Crippen LogP contribution in [0.4, 0.5) is 0 Å². The van der Waals surface area contributed by atoms with Gasteiger partial charge in [-0.2, -0.15) is 0 Å². The summed E-state index contributed by atoms with van der Waals surface area (Å²) < 4.78 is 0. The molecule has 1 aliphatic rings. The number of hydrogen-bond donors (Lipinski definition) is 3. The molecule has 112 valence electrons. The maximum absolute atomic E-state index is 11.9. The Kier molecular flexibility index (Phi) is 4.42. The number of hydrazine groups is 1. The molecule has 0 bridgehead atoms. The number of hydrogen-bond acceptors (Lipinski definition) is 3. The fraction of sp³-hybridized carbons (Fsp3) is 0.118. The van der Waals surface area contributed by atoms with Gasteiger partial charge in [-0.15, -0.1) is 0 Å². The Morgan fingerprint density at radius 3 is 2.45 bits per heavy atom. The van der Waals surface area contributed by atoms with Crippen LogP contribution in [-0.4, -0.2) is 11.9 Å². The Morgan fingerprint density at radius 1 is 1.00 bits per heavy atom. The molecule has 0 aromatic heterocycles. The minimum atomic E-state index is -0.382. The number of benzene rings is 2. The molecule has 1 unspecified atom stereocenters. The lowest BCUT2D eigenvalue weighted by Crippen LogP contribution is -2.51. The summed E-state index contributed by atoms with van der Waals surface area (Å²) in [4.78, 5) is 11.9. The van der Waals surface area contributed by atoms with Crippen LogP contribution in [-0.2, 0) is 11.3 Å². The number of rotatable bonds is 4. The van der Waals surface area contributed by atoms with Crippen LogP contribution in [0.2, 0.25) is 5.02 Å². The maximum atomic E-state index is 11.9. The van der Waals surface area contributed by atoms with Crippen molar-refractivity contribution in [1.29, 1.82) is 0 Å². The maximum Gasteiger partial charge on any atom is 0.259 e. The fourth-order valence-electron chi connectivity index (χ4n) is 2.26. The van der Waals surface area contributed by atoms with Crippen LogP contribution < -0.4 is 16.2 Å². The molecular formula is C17H16ClN3O. The molecule has 2 aromatic carbocycles. The van der Waals surface area contributed by atoms with Gasteiger partial charge >= 0.3 is 0 Å². The largest absolute Gasteiger partial charge is 0.298 e. The summed E-state index contributed by atoms with van der Waals surface area (Å²) in [5.74, 6) is -0.103. The third kappa shape index (κ3) is 3.47. The van der Waals surface area contributed by atoms with Crippen molar-refractivity contribution in [3.8, 4) is 0 Å². The van der Waals surface area contributed by atoms with E-state index in [9.17, 15) is 4.79 Å². The molecule has 22 heavy (non-hydrogen) atoms. The van der Waals surface area contributed by atoms with Gasteiger partial charge in [0.05, 0.1) is 5.70 Å². The van der Waals surface area contributed by atoms with E-state index in [0.717, 1.165) is 16.8 Å². The molecule has 0 fully saturated rings. The van der Waals surface area contributed by atoms with E-state index in [1.54, 1.807) is 0 Å². The summed E-state index contributed by atoms with van der Waals surface area (Å²) in [5, 5.41) is 3.93. The lowest BCUT2D eigenvalue weighted by molar-refractivity contribution is -0.123. The number of nitrogens with one attached hydrogen (secondary N) is 3. The van der Waals surface area contributed by atoms with Crippen molar-refractivity contribution in [2.75, 3.05) is 0 Å². The van der Waals surface area contributed by atoms with Crippen LogP contribution >= 0.6 is 11.6 Å². The van der Waals surface area contributed by atoms with Crippen molar-refractivity contribution in [3.05, 3.63) is 76.8 Å². The van der Waals surface area contributed by atoms with E-state index in [0.29, 0.717) is 11.6 Å². The van der Waals surface area contributed by atoms with Crippen molar-refractivity contribution in [2.45, 2.75) is 12.6 Å². The van der Waals surface area contributed by atoms with Crippen molar-refractivity contribution in [1.82, 2.24) is 16.2 Å². The molecule has 3 rings (SSSR count). The minimum absolute atomic E-state index is 0.103. The summed E-state index contributed by atoms with van der Waals surface area (Å²) in [6, 6.07) is 17.1. The van der Waals surface area contributed by atoms with E-state index in [-0.39, 0.29) is 11.9 Å². The summed E-state index contributed by atoms with van der Waals surface area (Å²) in [7, 11) is 0. The Labute approximate surface area is 134 Å². The normalized spacial score (nSPS) is 17.4. The second-order valence-corrected chi connectivity index (χ2v) is 5.48. The van der Waals surface area contributed by atoms with Crippen LogP contribution in [0.3, 0.4) is 0 Å². The monoisotopic (exact) mass is 313 g/mol. The highest BCUT2D eigenvalue weighted by Crippen LogP contribution is 2.17. The van der Waals surface area contributed by atoms with Crippen LogP contribution in [0, 0.1) is 0 Å². The van der Waals surface area contributed by atoms with Crippen molar-refractivity contribution in [2.24, 2.45) is 0 Å². The molecule has 0 spiro atoms. The van der Waals surface area contributed by atoms with Gasteiger partial charge in [-0.1, -0.05) is 54.1 Å². The van der Waals surface area contributed by atoms with Crippen LogP contribution in [0.1, 0.15) is 11.1 Å².